The highest BCUT2D eigenvalue weighted by atomic mass is 19.1. The summed E-state index contributed by atoms with van der Waals surface area (Å²) in [5.74, 6) is -0.328. The number of nitrogens with one attached hydrogen (secondary N) is 1. The zero-order chi connectivity index (χ0) is 14.4. The summed E-state index contributed by atoms with van der Waals surface area (Å²) >= 11 is 0. The van der Waals surface area contributed by atoms with Crippen LogP contribution in [0.15, 0.2) is 42.6 Å². The van der Waals surface area contributed by atoms with Crippen LogP contribution < -0.4 is 10.1 Å². The van der Waals surface area contributed by atoms with E-state index in [1.54, 1.807) is 30.5 Å². The summed E-state index contributed by atoms with van der Waals surface area (Å²) in [6.45, 7) is 2.50. The van der Waals surface area contributed by atoms with E-state index >= 15 is 0 Å². The maximum Gasteiger partial charge on any atom is 0.257 e. The molecule has 0 fully saturated rings. The summed E-state index contributed by atoms with van der Waals surface area (Å²) in [5.41, 5.74) is 1.06. The topological polar surface area (TPSA) is 51.2 Å². The zero-order valence-corrected chi connectivity index (χ0v) is 11.1. The van der Waals surface area contributed by atoms with Gasteiger partial charge in [0, 0.05) is 12.7 Å². The Labute approximate surface area is 116 Å². The van der Waals surface area contributed by atoms with Crippen molar-refractivity contribution in [1.29, 1.82) is 0 Å². The Hall–Kier alpha value is -2.43. The van der Waals surface area contributed by atoms with Crippen LogP contribution in [0.2, 0.25) is 0 Å². The number of hydrogen-bond acceptors (Lipinski definition) is 3. The number of halogens is 1. The number of benzene rings is 1. The van der Waals surface area contributed by atoms with E-state index in [9.17, 15) is 9.18 Å². The van der Waals surface area contributed by atoms with Crippen LogP contribution in [0.5, 0.6) is 5.88 Å². The van der Waals surface area contributed by atoms with Crippen molar-refractivity contribution >= 4 is 5.91 Å². The second-order valence-electron chi connectivity index (χ2n) is 4.10. The molecule has 4 nitrogen and oxygen atoms in total. The van der Waals surface area contributed by atoms with Gasteiger partial charge in [-0.15, -0.1) is 0 Å². The Morgan fingerprint density at radius 2 is 2.20 bits per heavy atom. The van der Waals surface area contributed by atoms with Crippen molar-refractivity contribution < 1.29 is 13.9 Å². The molecule has 0 saturated carbocycles. The second kappa shape index (κ2) is 6.65. The van der Waals surface area contributed by atoms with E-state index in [4.69, 9.17) is 4.74 Å². The van der Waals surface area contributed by atoms with Crippen molar-refractivity contribution in [2.75, 3.05) is 6.61 Å². The summed E-state index contributed by atoms with van der Waals surface area (Å²) in [6.07, 6.45) is 1.56. The molecule has 0 bridgehead atoms. The van der Waals surface area contributed by atoms with E-state index in [1.807, 2.05) is 6.92 Å². The van der Waals surface area contributed by atoms with Crippen LogP contribution in [-0.4, -0.2) is 17.5 Å². The van der Waals surface area contributed by atoms with Crippen molar-refractivity contribution in [2.45, 2.75) is 13.5 Å². The fourth-order valence-electron chi connectivity index (χ4n) is 1.74. The number of nitrogens with zero attached hydrogens (tertiary/aromatic N) is 1. The Bertz CT molecular complexity index is 602. The molecule has 1 aromatic heterocycles. The summed E-state index contributed by atoms with van der Waals surface area (Å²) < 4.78 is 18.3. The Morgan fingerprint density at radius 3 is 2.95 bits per heavy atom. The molecule has 0 aliphatic carbocycles. The van der Waals surface area contributed by atoms with Crippen molar-refractivity contribution in [2.24, 2.45) is 0 Å². The molecular formula is C15H15FN2O2. The van der Waals surface area contributed by atoms with E-state index < -0.39 is 0 Å². The van der Waals surface area contributed by atoms with Gasteiger partial charge in [-0.25, -0.2) is 9.37 Å². The molecule has 1 aromatic carbocycles. The van der Waals surface area contributed by atoms with Gasteiger partial charge in [0.15, 0.2) is 0 Å². The maximum absolute atomic E-state index is 13.0. The van der Waals surface area contributed by atoms with Gasteiger partial charge in [-0.1, -0.05) is 12.1 Å². The quantitative estimate of drug-likeness (QED) is 0.911. The van der Waals surface area contributed by atoms with E-state index in [1.165, 1.54) is 12.1 Å². The van der Waals surface area contributed by atoms with E-state index in [-0.39, 0.29) is 18.3 Å². The first-order valence-electron chi connectivity index (χ1n) is 6.31. The maximum atomic E-state index is 13.0. The van der Waals surface area contributed by atoms with Crippen molar-refractivity contribution in [3.05, 3.63) is 59.5 Å². The molecule has 0 unspecified atom stereocenters. The molecule has 2 rings (SSSR count). The molecular weight excluding hydrogens is 259 g/mol. The van der Waals surface area contributed by atoms with E-state index in [2.05, 4.69) is 10.3 Å². The lowest BCUT2D eigenvalue weighted by Crippen LogP contribution is -2.23. The predicted octanol–water partition coefficient (Wildman–Crippen LogP) is 2.55. The molecule has 1 heterocycles. The molecule has 0 spiro atoms. The first-order chi connectivity index (χ1) is 9.70. The predicted molar refractivity (Wildman–Crippen MR) is 73.0 cm³/mol. The molecule has 5 heteroatoms. The molecule has 104 valence electrons. The Balaban J connectivity index is 2.05. The third-order valence-electron chi connectivity index (χ3n) is 2.64. The van der Waals surface area contributed by atoms with Crippen molar-refractivity contribution in [3.63, 3.8) is 0 Å². The SMILES string of the molecule is CCOc1ncccc1C(=O)NCc1cccc(F)c1. The average molecular weight is 274 g/mol. The van der Waals surface area contributed by atoms with Crippen LogP contribution in [0.1, 0.15) is 22.8 Å². The van der Waals surface area contributed by atoms with Gasteiger partial charge in [-0.3, -0.25) is 4.79 Å². The second-order valence-corrected chi connectivity index (χ2v) is 4.10. The number of carbonyl (C=O) groups excluding carboxylic acids is 1. The lowest BCUT2D eigenvalue weighted by Gasteiger charge is -2.09. The van der Waals surface area contributed by atoms with E-state index in [0.717, 1.165) is 0 Å². The minimum Gasteiger partial charge on any atom is -0.477 e. The molecule has 1 N–H and O–H groups in total. The minimum atomic E-state index is -0.326. The molecule has 0 aliphatic heterocycles. The van der Waals surface area contributed by atoms with Gasteiger partial charge in [0.2, 0.25) is 5.88 Å². The van der Waals surface area contributed by atoms with Gasteiger partial charge in [0.25, 0.3) is 5.91 Å². The van der Waals surface area contributed by atoms with Gasteiger partial charge in [0.1, 0.15) is 11.4 Å². The monoisotopic (exact) mass is 274 g/mol. The largest absolute Gasteiger partial charge is 0.477 e. The zero-order valence-electron chi connectivity index (χ0n) is 11.1. The highest BCUT2D eigenvalue weighted by molar-refractivity contribution is 5.96. The van der Waals surface area contributed by atoms with Gasteiger partial charge < -0.3 is 10.1 Å². The number of rotatable bonds is 5. The van der Waals surface area contributed by atoms with Crippen LogP contribution in [0.3, 0.4) is 0 Å². The first kappa shape index (κ1) is 14.0. The van der Waals surface area contributed by atoms with Crippen molar-refractivity contribution in [1.82, 2.24) is 10.3 Å². The first-order valence-corrected chi connectivity index (χ1v) is 6.31. The summed E-state index contributed by atoms with van der Waals surface area (Å²) in [6, 6.07) is 9.40. The number of aromatic nitrogens is 1. The molecule has 20 heavy (non-hydrogen) atoms. The average Bonchev–Trinajstić information content (AvgIpc) is 2.46. The van der Waals surface area contributed by atoms with Crippen molar-refractivity contribution in [3.8, 4) is 5.88 Å². The Kier molecular flexibility index (Phi) is 4.65. The molecule has 0 saturated heterocycles. The molecule has 2 aromatic rings. The van der Waals surface area contributed by atoms with Crippen LogP contribution in [0.25, 0.3) is 0 Å². The standard InChI is InChI=1S/C15H15FN2O2/c1-2-20-15-13(7-4-8-17-15)14(19)18-10-11-5-3-6-12(16)9-11/h3-9H,2,10H2,1H3,(H,18,19). The minimum absolute atomic E-state index is 0.247. The summed E-state index contributed by atoms with van der Waals surface area (Å²) in [5, 5.41) is 2.72. The van der Waals surface area contributed by atoms with Crippen LogP contribution >= 0.6 is 0 Å². The van der Waals surface area contributed by atoms with E-state index in [0.29, 0.717) is 23.6 Å². The molecule has 1 amide bonds. The third-order valence-corrected chi connectivity index (χ3v) is 2.64. The van der Waals surface area contributed by atoms with Gasteiger partial charge in [-0.05, 0) is 36.8 Å². The van der Waals surface area contributed by atoms with Gasteiger partial charge in [-0.2, -0.15) is 0 Å². The molecule has 0 atom stereocenters. The fourth-order valence-corrected chi connectivity index (χ4v) is 1.74. The summed E-state index contributed by atoms with van der Waals surface area (Å²) in [7, 11) is 0. The summed E-state index contributed by atoms with van der Waals surface area (Å²) in [4.78, 5) is 16.1. The molecule has 0 radical (unpaired) electrons. The normalized spacial score (nSPS) is 10.1. The lowest BCUT2D eigenvalue weighted by molar-refractivity contribution is 0.0946. The number of amides is 1. The fraction of sp³-hybridized carbons (Fsp3) is 0.200. The number of hydrogen-bond donors (Lipinski definition) is 1. The number of carbonyl (C=O) groups is 1. The third kappa shape index (κ3) is 3.54. The van der Waals surface area contributed by atoms with Crippen LogP contribution in [0, 0.1) is 5.82 Å². The number of ether oxygens (including phenoxy) is 1. The lowest BCUT2D eigenvalue weighted by atomic mass is 10.2. The van der Waals surface area contributed by atoms with Crippen LogP contribution in [-0.2, 0) is 6.54 Å². The highest BCUT2D eigenvalue weighted by Crippen LogP contribution is 2.14. The number of pyridine rings is 1. The van der Waals surface area contributed by atoms with Gasteiger partial charge >= 0.3 is 0 Å². The van der Waals surface area contributed by atoms with Gasteiger partial charge in [0.05, 0.1) is 6.61 Å². The molecule has 0 aliphatic rings. The Morgan fingerprint density at radius 1 is 1.35 bits per heavy atom. The smallest absolute Gasteiger partial charge is 0.257 e. The highest BCUT2D eigenvalue weighted by Gasteiger charge is 2.12. The van der Waals surface area contributed by atoms with Crippen LogP contribution in [0.4, 0.5) is 4.39 Å².